The van der Waals surface area contributed by atoms with Gasteiger partial charge in [0.15, 0.2) is 11.6 Å². The minimum atomic E-state index is -1.04. The Morgan fingerprint density at radius 1 is 1.22 bits per heavy atom. The number of benzene rings is 2. The molecular formula is C23H22F2N4O3. The molecule has 1 aliphatic heterocycles. The number of carbonyl (C=O) groups excluding carboxylic acids is 2. The molecule has 2 heterocycles. The van der Waals surface area contributed by atoms with E-state index in [-0.39, 0.29) is 18.5 Å². The van der Waals surface area contributed by atoms with E-state index < -0.39 is 35.7 Å². The maximum absolute atomic E-state index is 14.7. The zero-order valence-electron chi connectivity index (χ0n) is 17.3. The fourth-order valence-electron chi connectivity index (χ4n) is 3.96. The van der Waals surface area contributed by atoms with Crippen molar-refractivity contribution < 1.29 is 23.1 Å². The molecule has 0 unspecified atom stereocenters. The van der Waals surface area contributed by atoms with Crippen LogP contribution in [-0.4, -0.2) is 46.6 Å². The van der Waals surface area contributed by atoms with Gasteiger partial charge in [-0.15, -0.1) is 0 Å². The molecule has 0 saturated carbocycles. The summed E-state index contributed by atoms with van der Waals surface area (Å²) in [5.74, 6) is -2.66. The summed E-state index contributed by atoms with van der Waals surface area (Å²) in [7, 11) is 1.24. The molecule has 2 atom stereocenters. The predicted octanol–water partition coefficient (Wildman–Crippen LogP) is 3.13. The van der Waals surface area contributed by atoms with Gasteiger partial charge in [0.25, 0.3) is 0 Å². The van der Waals surface area contributed by atoms with E-state index in [1.54, 1.807) is 0 Å². The first kappa shape index (κ1) is 21.5. The lowest BCUT2D eigenvalue weighted by atomic mass is 9.95. The fourth-order valence-corrected chi connectivity index (χ4v) is 3.96. The lowest BCUT2D eigenvalue weighted by molar-refractivity contribution is -0.142. The molecule has 1 aliphatic rings. The van der Waals surface area contributed by atoms with Crippen LogP contribution in [0.4, 0.5) is 13.6 Å². The van der Waals surface area contributed by atoms with Crippen LogP contribution in [0, 0.1) is 11.6 Å². The Morgan fingerprint density at radius 3 is 2.75 bits per heavy atom. The van der Waals surface area contributed by atoms with Crippen LogP contribution in [0.25, 0.3) is 0 Å². The van der Waals surface area contributed by atoms with Gasteiger partial charge in [0.05, 0.1) is 19.1 Å². The van der Waals surface area contributed by atoms with Crippen LogP contribution in [0.3, 0.4) is 0 Å². The van der Waals surface area contributed by atoms with Crippen LogP contribution in [0.5, 0.6) is 0 Å². The summed E-state index contributed by atoms with van der Waals surface area (Å²) in [6.07, 6.45) is 2.14. The number of H-pyrrole nitrogens is 1. The Bertz CT molecular complexity index is 1120. The number of halogens is 2. The number of rotatable bonds is 5. The highest BCUT2D eigenvalue weighted by Gasteiger charge is 2.37. The number of aromatic nitrogens is 2. The molecule has 7 nitrogen and oxygen atoms in total. The van der Waals surface area contributed by atoms with Gasteiger partial charge in [-0.1, -0.05) is 42.5 Å². The lowest BCUT2D eigenvalue weighted by Crippen LogP contribution is -2.52. The van der Waals surface area contributed by atoms with Gasteiger partial charge in [0.2, 0.25) is 0 Å². The standard InChI is InChI=1S/C23H22F2N4O3/c1-32-22(30)18(12-14-6-3-2-4-7-14)28-23(31)29-11-10-17-20(27-13-26-17)21(29)15-8-5-9-16(24)19(15)25/h2-9,13,18,21H,10-12H2,1H3,(H,26,27)(H,28,31)/t18-,21+/m1/s1. The van der Waals surface area contributed by atoms with Gasteiger partial charge in [-0.05, 0) is 11.6 Å². The van der Waals surface area contributed by atoms with Crippen molar-refractivity contribution in [2.24, 2.45) is 0 Å². The average molecular weight is 440 g/mol. The number of ether oxygens (including phenoxy) is 1. The van der Waals surface area contributed by atoms with Crippen molar-refractivity contribution in [2.45, 2.75) is 24.9 Å². The first-order valence-corrected chi connectivity index (χ1v) is 10.1. The number of esters is 1. The monoisotopic (exact) mass is 440 g/mol. The molecule has 2 amide bonds. The Kier molecular flexibility index (Phi) is 6.16. The van der Waals surface area contributed by atoms with Gasteiger partial charge in [-0.25, -0.2) is 23.4 Å². The number of hydrogen-bond acceptors (Lipinski definition) is 4. The maximum Gasteiger partial charge on any atom is 0.328 e. The number of hydrogen-bond donors (Lipinski definition) is 2. The summed E-state index contributed by atoms with van der Waals surface area (Å²) < 4.78 is 33.6. The highest BCUT2D eigenvalue weighted by molar-refractivity contribution is 5.84. The molecule has 3 aromatic rings. The quantitative estimate of drug-likeness (QED) is 0.597. The number of urea groups is 1. The summed E-state index contributed by atoms with van der Waals surface area (Å²) in [6, 6.07) is 10.5. The van der Waals surface area contributed by atoms with Gasteiger partial charge in [0.1, 0.15) is 12.1 Å². The molecule has 1 aromatic heterocycles. The molecule has 2 N–H and O–H groups in total. The van der Waals surface area contributed by atoms with Crippen LogP contribution in [0.1, 0.15) is 28.6 Å². The van der Waals surface area contributed by atoms with Crippen molar-refractivity contribution in [3.8, 4) is 0 Å². The second kappa shape index (κ2) is 9.17. The summed E-state index contributed by atoms with van der Waals surface area (Å²) in [6.45, 7) is 0.223. The first-order valence-electron chi connectivity index (χ1n) is 10.1. The van der Waals surface area contributed by atoms with Gasteiger partial charge in [-0.2, -0.15) is 0 Å². The second-order valence-corrected chi connectivity index (χ2v) is 7.47. The average Bonchev–Trinajstić information content (AvgIpc) is 3.29. The zero-order valence-corrected chi connectivity index (χ0v) is 17.3. The van der Waals surface area contributed by atoms with E-state index in [4.69, 9.17) is 4.74 Å². The van der Waals surface area contributed by atoms with Crippen molar-refractivity contribution in [3.63, 3.8) is 0 Å². The Morgan fingerprint density at radius 2 is 2.00 bits per heavy atom. The van der Waals surface area contributed by atoms with E-state index >= 15 is 0 Å². The molecule has 0 spiro atoms. The third-order valence-corrected chi connectivity index (χ3v) is 5.53. The number of nitrogens with one attached hydrogen (secondary N) is 2. The minimum absolute atomic E-state index is 0.00845. The zero-order chi connectivity index (χ0) is 22.7. The summed E-state index contributed by atoms with van der Waals surface area (Å²) >= 11 is 0. The normalized spacial score (nSPS) is 16.2. The van der Waals surface area contributed by atoms with Crippen LogP contribution in [0.15, 0.2) is 54.9 Å². The van der Waals surface area contributed by atoms with Crippen molar-refractivity contribution in [1.29, 1.82) is 0 Å². The minimum Gasteiger partial charge on any atom is -0.467 e. The third-order valence-electron chi connectivity index (χ3n) is 5.53. The van der Waals surface area contributed by atoms with Gasteiger partial charge in [-0.3, -0.25) is 0 Å². The van der Waals surface area contributed by atoms with Gasteiger partial charge >= 0.3 is 12.0 Å². The number of amides is 2. The Labute approximate surface area is 183 Å². The van der Waals surface area contributed by atoms with Crippen LogP contribution < -0.4 is 5.32 Å². The molecule has 0 aliphatic carbocycles. The van der Waals surface area contributed by atoms with Crippen molar-refractivity contribution in [1.82, 2.24) is 20.2 Å². The molecule has 2 aromatic carbocycles. The lowest BCUT2D eigenvalue weighted by Gasteiger charge is -2.36. The smallest absolute Gasteiger partial charge is 0.328 e. The molecule has 0 saturated heterocycles. The molecule has 0 bridgehead atoms. The van der Waals surface area contributed by atoms with E-state index in [2.05, 4.69) is 15.3 Å². The summed E-state index contributed by atoms with van der Waals surface area (Å²) in [5.41, 5.74) is 2.01. The predicted molar refractivity (Wildman–Crippen MR) is 112 cm³/mol. The van der Waals surface area contributed by atoms with E-state index in [9.17, 15) is 18.4 Å². The highest BCUT2D eigenvalue weighted by Crippen LogP contribution is 2.35. The van der Waals surface area contributed by atoms with Crippen molar-refractivity contribution in [2.75, 3.05) is 13.7 Å². The number of nitrogens with zero attached hydrogens (tertiary/aromatic N) is 2. The maximum atomic E-state index is 14.7. The number of fused-ring (bicyclic) bond motifs is 1. The third kappa shape index (κ3) is 4.18. The molecule has 0 fully saturated rings. The molecule has 32 heavy (non-hydrogen) atoms. The van der Waals surface area contributed by atoms with Gasteiger partial charge < -0.3 is 19.9 Å². The summed E-state index contributed by atoms with van der Waals surface area (Å²) in [4.78, 5) is 34.3. The molecule has 9 heteroatoms. The number of methoxy groups -OCH3 is 1. The molecule has 0 radical (unpaired) electrons. The molecule has 166 valence electrons. The van der Waals surface area contributed by atoms with Crippen molar-refractivity contribution in [3.05, 3.63) is 89.0 Å². The molecule has 4 rings (SSSR count). The molecular weight excluding hydrogens is 418 g/mol. The van der Waals surface area contributed by atoms with Gasteiger partial charge in [0, 0.05) is 30.6 Å². The first-order chi connectivity index (χ1) is 15.5. The number of imidazole rings is 1. The van der Waals surface area contributed by atoms with E-state index in [0.717, 1.165) is 17.3 Å². The fraction of sp³-hybridized carbons (Fsp3) is 0.261. The second-order valence-electron chi connectivity index (χ2n) is 7.47. The highest BCUT2D eigenvalue weighted by atomic mass is 19.2. The summed E-state index contributed by atoms with van der Waals surface area (Å²) in [5, 5.41) is 2.70. The number of carbonyl (C=O) groups is 2. The SMILES string of the molecule is COC(=O)[C@@H](Cc1ccccc1)NC(=O)N1CCc2[nH]cnc2[C@@H]1c1cccc(F)c1F. The van der Waals surface area contributed by atoms with Crippen LogP contribution in [0.2, 0.25) is 0 Å². The largest absolute Gasteiger partial charge is 0.467 e. The number of aromatic amines is 1. The van der Waals surface area contributed by atoms with E-state index in [1.807, 2.05) is 30.3 Å². The van der Waals surface area contributed by atoms with Crippen molar-refractivity contribution >= 4 is 12.0 Å². The van der Waals surface area contributed by atoms with Crippen LogP contribution in [-0.2, 0) is 22.4 Å². The van der Waals surface area contributed by atoms with Crippen LogP contribution >= 0.6 is 0 Å². The Balaban J connectivity index is 1.64. The topological polar surface area (TPSA) is 87.3 Å². The Hall–Kier alpha value is -3.75. The van der Waals surface area contributed by atoms with E-state index in [0.29, 0.717) is 12.1 Å². The van der Waals surface area contributed by atoms with E-state index in [1.165, 1.54) is 30.5 Å².